The molecule has 0 amide bonds. The zero-order valence-electron chi connectivity index (χ0n) is 11.3. The van der Waals surface area contributed by atoms with Crippen molar-refractivity contribution in [2.24, 2.45) is 0 Å². The van der Waals surface area contributed by atoms with Crippen LogP contribution in [-0.4, -0.2) is 56.2 Å². The average Bonchev–Trinajstić information content (AvgIpc) is 2.84. The largest absolute Gasteiger partial charge is 0.497 e. The van der Waals surface area contributed by atoms with Crippen molar-refractivity contribution in [3.05, 3.63) is 24.3 Å². The van der Waals surface area contributed by atoms with E-state index in [0.717, 1.165) is 11.4 Å². The molecular weight excluding hydrogens is 296 g/mol. The third-order valence-electron chi connectivity index (χ3n) is 3.98. The number of nitrogens with zero attached hydrogens (tertiary/aromatic N) is 2. The van der Waals surface area contributed by atoms with Crippen LogP contribution in [0.5, 0.6) is 5.75 Å². The summed E-state index contributed by atoms with van der Waals surface area (Å²) < 4.78 is 28.9. The molecule has 0 N–H and O–H groups in total. The van der Waals surface area contributed by atoms with Crippen molar-refractivity contribution in [1.29, 1.82) is 0 Å². The fourth-order valence-electron chi connectivity index (χ4n) is 2.93. The molecule has 0 aliphatic carbocycles. The first kappa shape index (κ1) is 13.6. The van der Waals surface area contributed by atoms with Gasteiger partial charge >= 0.3 is 0 Å². The molecule has 2 aliphatic heterocycles. The third-order valence-corrected chi connectivity index (χ3v) is 6.16. The molecule has 3 rings (SSSR count). The zero-order chi connectivity index (χ0) is 14.5. The van der Waals surface area contributed by atoms with Crippen molar-refractivity contribution in [2.45, 2.75) is 12.1 Å². The molecule has 108 valence electrons. The van der Waals surface area contributed by atoms with Crippen LogP contribution in [0.2, 0.25) is 0 Å². The molecule has 0 unspecified atom stereocenters. The van der Waals surface area contributed by atoms with Crippen LogP contribution in [0.4, 0.5) is 5.69 Å². The highest BCUT2D eigenvalue weighted by atomic mass is 32.2. The fourth-order valence-corrected chi connectivity index (χ4v) is 5.30. The van der Waals surface area contributed by atoms with E-state index in [9.17, 15) is 8.42 Å². The van der Waals surface area contributed by atoms with Gasteiger partial charge in [-0.1, -0.05) is 0 Å². The topological polar surface area (TPSA) is 49.9 Å². The van der Waals surface area contributed by atoms with E-state index in [1.165, 1.54) is 0 Å². The number of thiocarbonyl (C=S) groups is 1. The monoisotopic (exact) mass is 312 g/mol. The maximum atomic E-state index is 11.9. The zero-order valence-corrected chi connectivity index (χ0v) is 12.9. The van der Waals surface area contributed by atoms with Crippen LogP contribution in [0.25, 0.3) is 0 Å². The van der Waals surface area contributed by atoms with Gasteiger partial charge in [0.2, 0.25) is 0 Å². The van der Waals surface area contributed by atoms with Crippen LogP contribution >= 0.6 is 12.2 Å². The van der Waals surface area contributed by atoms with Crippen LogP contribution in [-0.2, 0) is 9.84 Å². The van der Waals surface area contributed by atoms with Crippen molar-refractivity contribution >= 4 is 32.9 Å². The lowest BCUT2D eigenvalue weighted by Crippen LogP contribution is -2.36. The van der Waals surface area contributed by atoms with E-state index in [4.69, 9.17) is 17.0 Å². The van der Waals surface area contributed by atoms with Crippen LogP contribution < -0.4 is 9.64 Å². The number of rotatable bonds is 2. The van der Waals surface area contributed by atoms with Crippen molar-refractivity contribution in [3.63, 3.8) is 0 Å². The number of anilines is 1. The molecule has 0 spiro atoms. The summed E-state index contributed by atoms with van der Waals surface area (Å²) in [4.78, 5) is 3.85. The average molecular weight is 312 g/mol. The third kappa shape index (κ3) is 2.05. The number of fused-ring (bicyclic) bond motifs is 1. The smallest absolute Gasteiger partial charge is 0.176 e. The first-order valence-corrected chi connectivity index (χ1v) is 8.56. The van der Waals surface area contributed by atoms with Crippen LogP contribution in [0, 0.1) is 0 Å². The highest BCUT2D eigenvalue weighted by molar-refractivity contribution is 7.91. The molecule has 20 heavy (non-hydrogen) atoms. The van der Waals surface area contributed by atoms with Gasteiger partial charge in [0.1, 0.15) is 5.75 Å². The van der Waals surface area contributed by atoms with Crippen LogP contribution in [0.15, 0.2) is 24.3 Å². The number of ether oxygens (including phenoxy) is 1. The molecule has 1 aromatic rings. The number of hydrogen-bond donors (Lipinski definition) is 0. The number of benzene rings is 1. The van der Waals surface area contributed by atoms with E-state index in [-0.39, 0.29) is 23.6 Å². The molecule has 0 aromatic heterocycles. The van der Waals surface area contributed by atoms with Crippen molar-refractivity contribution in [3.8, 4) is 5.75 Å². The Kier molecular flexibility index (Phi) is 3.13. The molecule has 2 saturated heterocycles. The van der Waals surface area contributed by atoms with E-state index >= 15 is 0 Å². The Morgan fingerprint density at radius 3 is 2.40 bits per heavy atom. The van der Waals surface area contributed by atoms with Crippen molar-refractivity contribution in [2.75, 3.05) is 30.6 Å². The normalized spacial score (nSPS) is 27.8. The second-order valence-corrected chi connectivity index (χ2v) is 7.69. The second-order valence-electron chi connectivity index (χ2n) is 5.17. The van der Waals surface area contributed by atoms with Gasteiger partial charge in [0.15, 0.2) is 14.9 Å². The molecule has 0 saturated carbocycles. The number of sulfone groups is 1. The minimum atomic E-state index is -2.98. The van der Waals surface area contributed by atoms with Gasteiger partial charge in [-0.15, -0.1) is 0 Å². The summed E-state index contributed by atoms with van der Waals surface area (Å²) in [6.45, 7) is 0. The predicted octanol–water partition coefficient (Wildman–Crippen LogP) is 0.897. The standard InChI is InChI=1S/C13H16N2O3S2/c1-14-11-7-20(16,17)8-12(11)15(13(14)19)9-3-5-10(18-2)6-4-9/h3-6,11-12H,7-8H2,1-2H3/t11-,12-/m1/s1. The van der Waals surface area contributed by atoms with Gasteiger partial charge < -0.3 is 14.5 Å². The summed E-state index contributed by atoms with van der Waals surface area (Å²) in [5, 5.41) is 0.681. The Balaban J connectivity index is 1.97. The Morgan fingerprint density at radius 1 is 1.20 bits per heavy atom. The van der Waals surface area contributed by atoms with Gasteiger partial charge in [-0.05, 0) is 36.5 Å². The van der Waals surface area contributed by atoms with Crippen LogP contribution in [0.1, 0.15) is 0 Å². The van der Waals surface area contributed by atoms with E-state index in [1.807, 2.05) is 41.1 Å². The SMILES string of the molecule is COc1ccc(N2C(=S)N(C)[C@@H]3CS(=O)(=O)C[C@H]32)cc1. The van der Waals surface area contributed by atoms with Gasteiger partial charge in [-0.2, -0.15) is 0 Å². The molecule has 2 heterocycles. The lowest BCUT2D eigenvalue weighted by atomic mass is 10.1. The molecule has 5 nitrogen and oxygen atoms in total. The van der Waals surface area contributed by atoms with Gasteiger partial charge in [-0.25, -0.2) is 8.42 Å². The number of likely N-dealkylation sites (N-methyl/N-ethyl adjacent to an activating group) is 1. The van der Waals surface area contributed by atoms with E-state index in [1.54, 1.807) is 7.11 Å². The minimum absolute atomic E-state index is 0.0467. The Hall–Kier alpha value is -1.34. The Morgan fingerprint density at radius 2 is 1.80 bits per heavy atom. The van der Waals surface area contributed by atoms with Gasteiger partial charge in [0.05, 0.1) is 30.7 Å². The summed E-state index contributed by atoms with van der Waals surface area (Å²) in [6, 6.07) is 7.39. The maximum absolute atomic E-state index is 11.9. The number of methoxy groups -OCH3 is 1. The minimum Gasteiger partial charge on any atom is -0.497 e. The van der Waals surface area contributed by atoms with Gasteiger partial charge in [-0.3, -0.25) is 0 Å². The van der Waals surface area contributed by atoms with E-state index in [0.29, 0.717) is 5.11 Å². The molecule has 7 heteroatoms. The lowest BCUT2D eigenvalue weighted by Gasteiger charge is -2.24. The molecule has 0 radical (unpaired) electrons. The summed E-state index contributed by atoms with van der Waals surface area (Å²) in [7, 11) is 0.496. The Labute approximate surface area is 124 Å². The molecule has 0 bridgehead atoms. The predicted molar refractivity (Wildman–Crippen MR) is 82.1 cm³/mol. The highest BCUT2D eigenvalue weighted by Gasteiger charge is 2.50. The first-order chi connectivity index (χ1) is 9.43. The molecular formula is C13H16N2O3S2. The van der Waals surface area contributed by atoms with Crippen LogP contribution in [0.3, 0.4) is 0 Å². The summed E-state index contributed by atoms with van der Waals surface area (Å²) in [5.74, 6) is 1.11. The molecule has 2 fully saturated rings. The lowest BCUT2D eigenvalue weighted by molar-refractivity contribution is 0.414. The van der Waals surface area contributed by atoms with Gasteiger partial charge in [0, 0.05) is 12.7 Å². The molecule has 1 aromatic carbocycles. The fraction of sp³-hybridized carbons (Fsp3) is 0.462. The van der Waals surface area contributed by atoms with Crippen molar-refractivity contribution in [1.82, 2.24) is 4.90 Å². The van der Waals surface area contributed by atoms with E-state index in [2.05, 4.69) is 0 Å². The summed E-state index contributed by atoms with van der Waals surface area (Å²) >= 11 is 5.46. The molecule has 2 atom stereocenters. The number of hydrogen-bond acceptors (Lipinski definition) is 4. The Bertz CT molecular complexity index is 642. The highest BCUT2D eigenvalue weighted by Crippen LogP contribution is 2.34. The quantitative estimate of drug-likeness (QED) is 0.756. The summed E-state index contributed by atoms with van der Waals surface area (Å²) in [5.41, 5.74) is 0.909. The molecule has 2 aliphatic rings. The second kappa shape index (κ2) is 4.60. The van der Waals surface area contributed by atoms with Gasteiger partial charge in [0.25, 0.3) is 0 Å². The maximum Gasteiger partial charge on any atom is 0.176 e. The summed E-state index contributed by atoms with van der Waals surface area (Å²) in [6.07, 6.45) is 0. The van der Waals surface area contributed by atoms with Crippen molar-refractivity contribution < 1.29 is 13.2 Å². The first-order valence-electron chi connectivity index (χ1n) is 6.33. The van der Waals surface area contributed by atoms with E-state index < -0.39 is 9.84 Å².